The van der Waals surface area contributed by atoms with Gasteiger partial charge >= 0.3 is 5.97 Å². The Balaban J connectivity index is 1.61. The van der Waals surface area contributed by atoms with Crippen molar-refractivity contribution in [1.82, 2.24) is 0 Å². The predicted octanol–water partition coefficient (Wildman–Crippen LogP) is 4.70. The maximum absolute atomic E-state index is 12.8. The number of carbonyl (C=O) groups excluding carboxylic acids is 2. The average Bonchev–Trinajstić information content (AvgIpc) is 2.78. The Morgan fingerprint density at radius 2 is 1.88 bits per heavy atom. The molecule has 0 N–H and O–H groups in total. The second-order valence-electron chi connectivity index (χ2n) is 9.69. The standard InChI is InChI=1S/C22H32O3/c1-13-11-19-17-6-5-15-12-16(25-14(2)23)7-9-21(15,3)18(17)8-10-22(19,4)20(13)24/h5,13,16-19H,6-12H2,1-4H3/t13-,16+,17+,18-,19-,21-,22-/m0/s1. The number of hydrogen-bond acceptors (Lipinski definition) is 3. The molecule has 0 unspecified atom stereocenters. The van der Waals surface area contributed by atoms with E-state index in [2.05, 4.69) is 26.8 Å². The first-order valence-corrected chi connectivity index (χ1v) is 10.2. The zero-order chi connectivity index (χ0) is 18.0. The fraction of sp³-hybridized carbons (Fsp3) is 0.818. The molecule has 3 saturated carbocycles. The molecule has 0 spiro atoms. The molecule has 3 fully saturated rings. The summed E-state index contributed by atoms with van der Waals surface area (Å²) in [6.45, 7) is 8.34. The van der Waals surface area contributed by atoms with E-state index in [-0.39, 0.29) is 28.8 Å². The molecule has 4 aliphatic carbocycles. The number of carbonyl (C=O) groups is 2. The largest absolute Gasteiger partial charge is 0.462 e. The Bertz CT molecular complexity index is 635. The smallest absolute Gasteiger partial charge is 0.302 e. The Labute approximate surface area is 151 Å². The van der Waals surface area contributed by atoms with Crippen molar-refractivity contribution < 1.29 is 14.3 Å². The number of fused-ring (bicyclic) bond motifs is 5. The second-order valence-corrected chi connectivity index (χ2v) is 9.69. The van der Waals surface area contributed by atoms with Crippen LogP contribution in [-0.4, -0.2) is 17.9 Å². The lowest BCUT2D eigenvalue weighted by molar-refractivity contribution is -0.148. The monoisotopic (exact) mass is 344 g/mol. The summed E-state index contributed by atoms with van der Waals surface area (Å²) < 4.78 is 5.51. The summed E-state index contributed by atoms with van der Waals surface area (Å²) in [4.78, 5) is 24.1. The fourth-order valence-electron chi connectivity index (χ4n) is 7.07. The molecule has 138 valence electrons. The van der Waals surface area contributed by atoms with E-state index in [1.165, 1.54) is 18.9 Å². The number of esters is 1. The molecule has 7 atom stereocenters. The van der Waals surface area contributed by atoms with Crippen LogP contribution in [0.4, 0.5) is 0 Å². The topological polar surface area (TPSA) is 43.4 Å². The Morgan fingerprint density at radius 3 is 2.60 bits per heavy atom. The Hall–Kier alpha value is -1.12. The molecule has 0 amide bonds. The molecule has 0 aromatic carbocycles. The molecule has 0 radical (unpaired) electrons. The van der Waals surface area contributed by atoms with E-state index < -0.39 is 0 Å². The van der Waals surface area contributed by atoms with Gasteiger partial charge in [0.05, 0.1) is 0 Å². The summed E-state index contributed by atoms with van der Waals surface area (Å²) in [5.74, 6) is 2.53. The molecule has 0 bridgehead atoms. The molecule has 0 aromatic heterocycles. The van der Waals surface area contributed by atoms with Crippen LogP contribution < -0.4 is 0 Å². The third-order valence-corrected chi connectivity index (χ3v) is 8.40. The third-order valence-electron chi connectivity index (χ3n) is 8.40. The zero-order valence-corrected chi connectivity index (χ0v) is 16.1. The summed E-state index contributed by atoms with van der Waals surface area (Å²) in [5.41, 5.74) is 1.69. The van der Waals surface area contributed by atoms with Gasteiger partial charge in [-0.15, -0.1) is 0 Å². The molecule has 4 aliphatic rings. The van der Waals surface area contributed by atoms with Gasteiger partial charge < -0.3 is 4.74 Å². The molecule has 0 aromatic rings. The molecule has 25 heavy (non-hydrogen) atoms. The number of ether oxygens (including phenoxy) is 1. The lowest BCUT2D eigenvalue weighted by Gasteiger charge is -2.56. The molecule has 0 saturated heterocycles. The Kier molecular flexibility index (Phi) is 3.94. The van der Waals surface area contributed by atoms with E-state index in [1.54, 1.807) is 0 Å². The van der Waals surface area contributed by atoms with Crippen LogP contribution in [0.5, 0.6) is 0 Å². The first-order chi connectivity index (χ1) is 11.8. The summed E-state index contributed by atoms with van der Waals surface area (Å²) in [7, 11) is 0. The lowest BCUT2D eigenvalue weighted by atomic mass is 9.48. The minimum Gasteiger partial charge on any atom is -0.462 e. The molecule has 3 heteroatoms. The number of Topliss-reactive ketones (excluding diaryl/α,β-unsaturated/α-hetero) is 1. The first kappa shape index (κ1) is 17.3. The molecule has 3 nitrogen and oxygen atoms in total. The highest BCUT2D eigenvalue weighted by molar-refractivity contribution is 5.89. The second kappa shape index (κ2) is 5.69. The van der Waals surface area contributed by atoms with Crippen molar-refractivity contribution in [2.75, 3.05) is 0 Å². The molecular formula is C22H32O3. The van der Waals surface area contributed by atoms with Gasteiger partial charge in [0.25, 0.3) is 0 Å². The lowest BCUT2D eigenvalue weighted by Crippen LogP contribution is -2.50. The van der Waals surface area contributed by atoms with Crippen LogP contribution in [0.15, 0.2) is 11.6 Å². The van der Waals surface area contributed by atoms with Gasteiger partial charge in [-0.3, -0.25) is 9.59 Å². The minimum atomic E-state index is -0.158. The van der Waals surface area contributed by atoms with Gasteiger partial charge in [0.1, 0.15) is 11.9 Å². The van der Waals surface area contributed by atoms with E-state index in [0.29, 0.717) is 23.5 Å². The molecule has 4 rings (SSSR count). The van der Waals surface area contributed by atoms with Crippen molar-refractivity contribution >= 4 is 11.8 Å². The highest BCUT2D eigenvalue weighted by atomic mass is 16.5. The maximum Gasteiger partial charge on any atom is 0.302 e. The molecule has 0 aliphatic heterocycles. The number of hydrogen-bond donors (Lipinski definition) is 0. The van der Waals surface area contributed by atoms with Crippen LogP contribution in [0.1, 0.15) is 72.6 Å². The van der Waals surface area contributed by atoms with Gasteiger partial charge in [0.2, 0.25) is 0 Å². The van der Waals surface area contributed by atoms with Crippen molar-refractivity contribution in [3.63, 3.8) is 0 Å². The quantitative estimate of drug-likeness (QED) is 0.512. The van der Waals surface area contributed by atoms with Crippen LogP contribution in [0.25, 0.3) is 0 Å². The van der Waals surface area contributed by atoms with Crippen LogP contribution in [-0.2, 0) is 14.3 Å². The first-order valence-electron chi connectivity index (χ1n) is 10.2. The van der Waals surface area contributed by atoms with E-state index >= 15 is 0 Å². The number of allylic oxidation sites excluding steroid dienone is 1. The summed E-state index contributed by atoms with van der Waals surface area (Å²) >= 11 is 0. The van der Waals surface area contributed by atoms with Crippen LogP contribution >= 0.6 is 0 Å². The maximum atomic E-state index is 12.8. The Morgan fingerprint density at radius 1 is 1.16 bits per heavy atom. The van der Waals surface area contributed by atoms with Crippen LogP contribution in [0.2, 0.25) is 0 Å². The molecule has 0 heterocycles. The van der Waals surface area contributed by atoms with Gasteiger partial charge in [0.15, 0.2) is 0 Å². The highest BCUT2D eigenvalue weighted by Gasteiger charge is 2.60. The van der Waals surface area contributed by atoms with Crippen molar-refractivity contribution in [3.8, 4) is 0 Å². The van der Waals surface area contributed by atoms with Gasteiger partial charge in [-0.25, -0.2) is 0 Å². The SMILES string of the molecule is CC(=O)O[C@@H]1CC[C@@]2(C)C(=CC[C@@H]3[C@@H]2CC[C@]2(C)C(=O)[C@@H](C)C[C@@H]32)C1. The summed E-state index contributed by atoms with van der Waals surface area (Å²) in [6, 6.07) is 0. The number of rotatable bonds is 1. The third kappa shape index (κ3) is 2.44. The highest BCUT2D eigenvalue weighted by Crippen LogP contribution is 2.64. The van der Waals surface area contributed by atoms with E-state index in [9.17, 15) is 9.59 Å². The van der Waals surface area contributed by atoms with Crippen molar-refractivity contribution in [2.24, 2.45) is 34.5 Å². The van der Waals surface area contributed by atoms with Crippen molar-refractivity contribution in [1.29, 1.82) is 0 Å². The van der Waals surface area contributed by atoms with Gasteiger partial charge in [0, 0.05) is 24.7 Å². The summed E-state index contributed by atoms with van der Waals surface area (Å²) in [5, 5.41) is 0. The van der Waals surface area contributed by atoms with Crippen molar-refractivity contribution in [3.05, 3.63) is 11.6 Å². The zero-order valence-electron chi connectivity index (χ0n) is 16.1. The van der Waals surface area contributed by atoms with Gasteiger partial charge in [-0.2, -0.15) is 0 Å². The normalized spacial score (nSPS) is 48.9. The minimum absolute atomic E-state index is 0.0651. The van der Waals surface area contributed by atoms with Gasteiger partial charge in [-0.1, -0.05) is 32.4 Å². The van der Waals surface area contributed by atoms with E-state index in [1.807, 2.05) is 0 Å². The number of ketones is 1. The van der Waals surface area contributed by atoms with E-state index in [0.717, 1.165) is 38.5 Å². The average molecular weight is 344 g/mol. The molecular weight excluding hydrogens is 312 g/mol. The van der Waals surface area contributed by atoms with Gasteiger partial charge in [-0.05, 0) is 61.7 Å². The predicted molar refractivity (Wildman–Crippen MR) is 96.8 cm³/mol. The van der Waals surface area contributed by atoms with Crippen LogP contribution in [0.3, 0.4) is 0 Å². The summed E-state index contributed by atoms with van der Waals surface area (Å²) in [6.07, 6.45) is 9.98. The fourth-order valence-corrected chi connectivity index (χ4v) is 7.07. The van der Waals surface area contributed by atoms with Crippen LogP contribution in [0, 0.1) is 34.5 Å². The van der Waals surface area contributed by atoms with Crippen molar-refractivity contribution in [2.45, 2.75) is 78.7 Å². The van der Waals surface area contributed by atoms with E-state index in [4.69, 9.17) is 4.74 Å².